The normalized spacial score (nSPS) is 12.1. The molecule has 0 radical (unpaired) electrons. The Balaban J connectivity index is 3.40. The maximum Gasteiger partial charge on any atom is 0.220 e. The molecule has 5 nitrogen and oxygen atoms in total. The lowest BCUT2D eigenvalue weighted by molar-refractivity contribution is -0.122. The average Bonchev–Trinajstić information content (AvgIpc) is 2.12. The summed E-state index contributed by atoms with van der Waals surface area (Å²) in [6, 6.07) is 0. The van der Waals surface area contributed by atoms with Crippen LogP contribution in [-0.4, -0.2) is 24.9 Å². The van der Waals surface area contributed by atoms with Crippen molar-refractivity contribution in [3.63, 3.8) is 0 Å². The fraction of sp³-hybridized carbons (Fsp3) is 0.778. The highest BCUT2D eigenvalue weighted by atomic mass is 16.2. The molecule has 1 atom stereocenters. The molecule has 0 saturated heterocycles. The molecule has 0 rings (SSSR count). The largest absolute Gasteiger partial charge is 0.370 e. The molecule has 0 spiro atoms. The summed E-state index contributed by atoms with van der Waals surface area (Å²) < 4.78 is 0. The van der Waals surface area contributed by atoms with Crippen molar-refractivity contribution in [2.75, 3.05) is 13.1 Å². The van der Waals surface area contributed by atoms with Gasteiger partial charge in [-0.05, 0) is 18.9 Å². The zero-order valence-corrected chi connectivity index (χ0v) is 8.58. The van der Waals surface area contributed by atoms with Gasteiger partial charge in [-0.15, -0.1) is 0 Å². The van der Waals surface area contributed by atoms with Crippen LogP contribution in [0.5, 0.6) is 0 Å². The second-order valence-corrected chi connectivity index (χ2v) is 3.46. The van der Waals surface area contributed by atoms with Crippen LogP contribution in [-0.2, 0) is 9.59 Å². The number of rotatable bonds is 7. The van der Waals surface area contributed by atoms with Crippen molar-refractivity contribution in [3.8, 4) is 0 Å². The van der Waals surface area contributed by atoms with Crippen LogP contribution in [0.25, 0.3) is 0 Å². The quantitative estimate of drug-likeness (QED) is 0.477. The summed E-state index contributed by atoms with van der Waals surface area (Å²) >= 11 is 0. The fourth-order valence-electron chi connectivity index (χ4n) is 0.962. The van der Waals surface area contributed by atoms with Gasteiger partial charge in [0.1, 0.15) is 0 Å². The highest BCUT2D eigenvalue weighted by Crippen LogP contribution is 1.97. The predicted octanol–water partition coefficient (Wildman–Crippen LogP) is -0.647. The van der Waals surface area contributed by atoms with Crippen molar-refractivity contribution in [2.45, 2.75) is 26.2 Å². The Hall–Kier alpha value is -1.10. The zero-order chi connectivity index (χ0) is 11.0. The lowest BCUT2D eigenvalue weighted by atomic mass is 10.1. The van der Waals surface area contributed by atoms with Crippen LogP contribution in [0, 0.1) is 5.92 Å². The number of nitrogens with two attached hydrogens (primary N) is 2. The molecular weight excluding hydrogens is 182 g/mol. The molecule has 0 aromatic carbocycles. The molecule has 1 unspecified atom stereocenters. The van der Waals surface area contributed by atoms with Crippen LogP contribution in [0.1, 0.15) is 26.2 Å². The minimum atomic E-state index is -0.338. The summed E-state index contributed by atoms with van der Waals surface area (Å²) in [6.07, 6.45) is 1.35. The van der Waals surface area contributed by atoms with Gasteiger partial charge in [0, 0.05) is 19.4 Å². The minimum absolute atomic E-state index is 0.0209. The van der Waals surface area contributed by atoms with Gasteiger partial charge < -0.3 is 16.8 Å². The molecular formula is C9H19N3O2. The number of carbonyl (C=O) groups is 2. The van der Waals surface area contributed by atoms with Crippen molar-refractivity contribution in [1.29, 1.82) is 0 Å². The smallest absolute Gasteiger partial charge is 0.220 e. The van der Waals surface area contributed by atoms with Crippen molar-refractivity contribution >= 4 is 11.8 Å². The Kier molecular flexibility index (Phi) is 6.74. The van der Waals surface area contributed by atoms with Gasteiger partial charge in [0.15, 0.2) is 0 Å². The van der Waals surface area contributed by atoms with E-state index in [1.165, 1.54) is 0 Å². The molecule has 0 heterocycles. The van der Waals surface area contributed by atoms with Gasteiger partial charge >= 0.3 is 0 Å². The first-order chi connectivity index (χ1) is 6.56. The Bertz CT molecular complexity index is 194. The van der Waals surface area contributed by atoms with Crippen molar-refractivity contribution in [1.82, 2.24) is 5.32 Å². The Labute approximate surface area is 84.2 Å². The van der Waals surface area contributed by atoms with Crippen LogP contribution >= 0.6 is 0 Å². The zero-order valence-electron chi connectivity index (χ0n) is 8.58. The number of amides is 2. The van der Waals surface area contributed by atoms with Crippen LogP contribution < -0.4 is 16.8 Å². The third-order valence-corrected chi connectivity index (χ3v) is 1.86. The summed E-state index contributed by atoms with van der Waals surface area (Å²) in [7, 11) is 0. The lowest BCUT2D eigenvalue weighted by Gasteiger charge is -2.08. The van der Waals surface area contributed by atoms with Crippen molar-refractivity contribution < 1.29 is 9.59 Å². The number of hydrogen-bond donors (Lipinski definition) is 3. The Morgan fingerprint density at radius 2 is 2.07 bits per heavy atom. The van der Waals surface area contributed by atoms with E-state index in [1.807, 2.05) is 6.92 Å². The topological polar surface area (TPSA) is 98.2 Å². The summed E-state index contributed by atoms with van der Waals surface area (Å²) in [5, 5.41) is 2.70. The first kappa shape index (κ1) is 12.9. The lowest BCUT2D eigenvalue weighted by Crippen LogP contribution is -2.28. The molecule has 2 amide bonds. The summed E-state index contributed by atoms with van der Waals surface area (Å²) in [5.74, 6) is -0.159. The summed E-state index contributed by atoms with van der Waals surface area (Å²) in [4.78, 5) is 21.5. The van der Waals surface area contributed by atoms with Gasteiger partial charge in [0.2, 0.25) is 11.8 Å². The molecule has 0 aliphatic heterocycles. The highest BCUT2D eigenvalue weighted by Gasteiger charge is 2.06. The van der Waals surface area contributed by atoms with Gasteiger partial charge in [0.25, 0.3) is 0 Å². The van der Waals surface area contributed by atoms with E-state index in [9.17, 15) is 9.59 Å². The molecule has 0 saturated carbocycles. The Morgan fingerprint density at radius 3 is 2.57 bits per heavy atom. The molecule has 5 N–H and O–H groups in total. The molecule has 0 aromatic rings. The van der Waals surface area contributed by atoms with Crippen LogP contribution in [0.2, 0.25) is 0 Å². The SMILES string of the molecule is CC(CN)CC(=O)NCCCC(N)=O. The highest BCUT2D eigenvalue weighted by molar-refractivity contribution is 5.76. The molecule has 5 heteroatoms. The van der Waals surface area contributed by atoms with Crippen molar-refractivity contribution in [3.05, 3.63) is 0 Å². The van der Waals surface area contributed by atoms with E-state index in [0.717, 1.165) is 0 Å². The van der Waals surface area contributed by atoms with Crippen molar-refractivity contribution in [2.24, 2.45) is 17.4 Å². The number of carbonyl (C=O) groups excluding carboxylic acids is 2. The standard InChI is InChI=1S/C9H19N3O2/c1-7(6-10)5-9(14)12-4-2-3-8(11)13/h7H,2-6,10H2,1H3,(H2,11,13)(H,12,14). The maximum absolute atomic E-state index is 11.2. The monoisotopic (exact) mass is 201 g/mol. The molecule has 0 aliphatic rings. The second-order valence-electron chi connectivity index (χ2n) is 3.46. The third kappa shape index (κ3) is 7.54. The summed E-state index contributed by atoms with van der Waals surface area (Å²) in [5.41, 5.74) is 10.3. The van der Waals surface area contributed by atoms with Crippen LogP contribution in [0.3, 0.4) is 0 Å². The fourth-order valence-corrected chi connectivity index (χ4v) is 0.962. The van der Waals surface area contributed by atoms with E-state index in [1.54, 1.807) is 0 Å². The third-order valence-electron chi connectivity index (χ3n) is 1.86. The number of nitrogens with one attached hydrogen (secondary N) is 1. The first-order valence-electron chi connectivity index (χ1n) is 4.81. The van der Waals surface area contributed by atoms with E-state index in [-0.39, 0.29) is 17.7 Å². The molecule has 0 aliphatic carbocycles. The maximum atomic E-state index is 11.2. The van der Waals surface area contributed by atoms with E-state index in [2.05, 4.69) is 5.32 Å². The van der Waals surface area contributed by atoms with Crippen LogP contribution in [0.4, 0.5) is 0 Å². The average molecular weight is 201 g/mol. The van der Waals surface area contributed by atoms with E-state index < -0.39 is 0 Å². The number of primary amides is 1. The first-order valence-corrected chi connectivity index (χ1v) is 4.81. The van der Waals surface area contributed by atoms with E-state index in [0.29, 0.717) is 32.4 Å². The van der Waals surface area contributed by atoms with Gasteiger partial charge in [-0.1, -0.05) is 6.92 Å². The van der Waals surface area contributed by atoms with Gasteiger partial charge in [-0.3, -0.25) is 9.59 Å². The molecule has 0 fully saturated rings. The molecule has 82 valence electrons. The van der Waals surface area contributed by atoms with E-state index >= 15 is 0 Å². The Morgan fingerprint density at radius 1 is 1.43 bits per heavy atom. The second kappa shape index (κ2) is 7.32. The van der Waals surface area contributed by atoms with Gasteiger partial charge in [0.05, 0.1) is 0 Å². The molecule has 14 heavy (non-hydrogen) atoms. The van der Waals surface area contributed by atoms with E-state index in [4.69, 9.17) is 11.5 Å². The molecule has 0 aromatic heterocycles. The van der Waals surface area contributed by atoms with Gasteiger partial charge in [-0.2, -0.15) is 0 Å². The van der Waals surface area contributed by atoms with Crippen LogP contribution in [0.15, 0.2) is 0 Å². The minimum Gasteiger partial charge on any atom is -0.370 e. The van der Waals surface area contributed by atoms with Gasteiger partial charge in [-0.25, -0.2) is 0 Å². The predicted molar refractivity (Wildman–Crippen MR) is 54.3 cm³/mol. The number of hydrogen-bond acceptors (Lipinski definition) is 3. The molecule has 0 bridgehead atoms. The summed E-state index contributed by atoms with van der Waals surface area (Å²) in [6.45, 7) is 2.93.